The molecular weight excluding hydrogens is 567 g/mol. The smallest absolute Gasteiger partial charge is 0.330 e. The quantitative estimate of drug-likeness (QED) is 0.166. The number of nitrogens with one attached hydrogen (secondary N) is 1. The second-order valence-electron chi connectivity index (χ2n) is 9.21. The van der Waals surface area contributed by atoms with Crippen molar-refractivity contribution in [2.45, 2.75) is 122 Å². The normalized spacial score (nSPS) is 20.6. The van der Waals surface area contributed by atoms with Crippen molar-refractivity contribution in [3.63, 3.8) is 0 Å². The Balaban J connectivity index is 2.09. The van der Waals surface area contributed by atoms with Crippen LogP contribution in [-0.4, -0.2) is 44.7 Å². The first-order valence-corrected chi connectivity index (χ1v) is 13.9. The predicted molar refractivity (Wildman–Crippen MR) is 140 cm³/mol. The first-order chi connectivity index (χ1) is 16.8. The van der Waals surface area contributed by atoms with Gasteiger partial charge in [-0.25, -0.2) is 4.79 Å². The molecule has 2 N–H and O–H groups in total. The summed E-state index contributed by atoms with van der Waals surface area (Å²) < 4.78 is 13.0. The van der Waals surface area contributed by atoms with Crippen LogP contribution < -0.4 is 11.2 Å². The first kappa shape index (κ1) is 29.7. The van der Waals surface area contributed by atoms with Crippen molar-refractivity contribution in [1.82, 2.24) is 9.55 Å². The van der Waals surface area contributed by atoms with Gasteiger partial charge in [-0.15, -0.1) is 0 Å². The van der Waals surface area contributed by atoms with E-state index >= 15 is 0 Å². The van der Waals surface area contributed by atoms with Crippen molar-refractivity contribution in [1.29, 1.82) is 0 Å². The number of halogens is 1. The highest BCUT2D eigenvalue weighted by Crippen LogP contribution is 2.32. The monoisotopic (exact) mass is 606 g/mol. The molecule has 1 aromatic rings. The molecule has 1 unspecified atom stereocenters. The molecule has 1 aromatic heterocycles. The summed E-state index contributed by atoms with van der Waals surface area (Å²) in [6, 6.07) is 0. The number of rotatable bonds is 16. The van der Waals surface area contributed by atoms with Crippen LogP contribution in [0.25, 0.3) is 0 Å². The number of esters is 1. The van der Waals surface area contributed by atoms with Gasteiger partial charge in [-0.2, -0.15) is 0 Å². The lowest BCUT2D eigenvalue weighted by atomic mass is 9.99. The number of Topliss-reactive ketones (excluding diaryl/α,β-unsaturated/α-hetero) is 1. The number of ketones is 1. The third-order valence-corrected chi connectivity index (χ3v) is 7.02. The van der Waals surface area contributed by atoms with Crippen LogP contribution >= 0.6 is 22.6 Å². The minimum atomic E-state index is -1.23. The van der Waals surface area contributed by atoms with Gasteiger partial charge in [-0.1, -0.05) is 65.2 Å². The molecule has 35 heavy (non-hydrogen) atoms. The summed E-state index contributed by atoms with van der Waals surface area (Å²) in [5, 5.41) is 10.7. The highest BCUT2D eigenvalue weighted by Gasteiger charge is 2.45. The van der Waals surface area contributed by atoms with E-state index < -0.39 is 41.8 Å². The number of carbonyl (C=O) groups excluding carboxylic acids is 2. The Hall–Kier alpha value is -1.53. The van der Waals surface area contributed by atoms with Crippen molar-refractivity contribution in [2.75, 3.05) is 0 Å². The number of aliphatic hydroxyl groups is 1. The lowest BCUT2D eigenvalue weighted by Crippen LogP contribution is -2.43. The Morgan fingerprint density at radius 3 is 2.31 bits per heavy atom. The van der Waals surface area contributed by atoms with E-state index in [0.717, 1.165) is 51.4 Å². The minimum absolute atomic E-state index is 0.0293. The summed E-state index contributed by atoms with van der Waals surface area (Å²) in [4.78, 5) is 51.8. The largest absolute Gasteiger partial charge is 0.451 e. The molecule has 0 saturated carbocycles. The molecule has 0 aromatic carbocycles. The highest BCUT2D eigenvalue weighted by atomic mass is 127. The van der Waals surface area contributed by atoms with Crippen LogP contribution in [0.1, 0.15) is 104 Å². The Bertz CT molecular complexity index is 929. The zero-order valence-corrected chi connectivity index (χ0v) is 23.0. The van der Waals surface area contributed by atoms with E-state index in [1.165, 1.54) is 10.8 Å². The zero-order valence-electron chi connectivity index (χ0n) is 20.8. The second-order valence-corrected chi connectivity index (χ2v) is 10.4. The topological polar surface area (TPSA) is 128 Å². The fourth-order valence-electron chi connectivity index (χ4n) is 4.23. The lowest BCUT2D eigenvalue weighted by Gasteiger charge is -2.25. The van der Waals surface area contributed by atoms with Crippen LogP contribution in [-0.2, 0) is 19.1 Å². The number of H-pyrrole nitrogens is 1. The van der Waals surface area contributed by atoms with Gasteiger partial charge in [0.15, 0.2) is 11.9 Å². The maximum Gasteiger partial charge on any atom is 0.330 e. The number of aromatic amines is 1. The number of carbonyl (C=O) groups is 2. The average molecular weight is 606 g/mol. The number of ether oxygens (including phenoxy) is 2. The van der Waals surface area contributed by atoms with Gasteiger partial charge in [-0.05, 0) is 35.4 Å². The predicted octanol–water partition coefficient (Wildman–Crippen LogP) is 3.99. The van der Waals surface area contributed by atoms with Crippen LogP contribution in [0.2, 0.25) is 0 Å². The number of aliphatic hydroxyl groups excluding tert-OH is 1. The van der Waals surface area contributed by atoms with Crippen molar-refractivity contribution in [3.8, 4) is 0 Å². The Labute approximate surface area is 220 Å². The molecule has 2 heterocycles. The molecule has 1 aliphatic rings. The van der Waals surface area contributed by atoms with Crippen LogP contribution in [0.15, 0.2) is 15.8 Å². The van der Waals surface area contributed by atoms with Gasteiger partial charge in [-0.3, -0.25) is 23.9 Å². The fourth-order valence-corrected chi connectivity index (χ4v) is 4.66. The Kier molecular flexibility index (Phi) is 13.2. The molecule has 1 aliphatic heterocycles. The number of aromatic nitrogens is 2. The van der Waals surface area contributed by atoms with Gasteiger partial charge >= 0.3 is 11.7 Å². The summed E-state index contributed by atoms with van der Waals surface area (Å²) in [6.07, 6.45) is 7.17. The molecule has 0 amide bonds. The molecule has 0 bridgehead atoms. The van der Waals surface area contributed by atoms with E-state index in [9.17, 15) is 24.3 Å². The average Bonchev–Trinajstić information content (AvgIpc) is 3.20. The number of unbranched alkanes of at least 4 members (excludes halogenated alkanes) is 8. The van der Waals surface area contributed by atoms with Crippen molar-refractivity contribution in [2.24, 2.45) is 0 Å². The molecule has 4 atom stereocenters. The summed E-state index contributed by atoms with van der Waals surface area (Å²) in [7, 11) is 0. The van der Waals surface area contributed by atoms with E-state index in [0.29, 0.717) is 12.8 Å². The Morgan fingerprint density at radius 1 is 1.09 bits per heavy atom. The van der Waals surface area contributed by atoms with E-state index in [1.807, 2.05) is 0 Å². The Morgan fingerprint density at radius 2 is 1.69 bits per heavy atom. The van der Waals surface area contributed by atoms with Crippen molar-refractivity contribution >= 4 is 34.3 Å². The summed E-state index contributed by atoms with van der Waals surface area (Å²) in [5.41, 5.74) is -1.18. The standard InChI is InChI=1S/C25H39IN2O7/c1-3-5-7-9-11-13-18(29)22(35-21(31)14-12-10-8-6-4-2)23-19(30)15-20(34-23)28-16-17(26)24(32)27-25(28)33/h16,19-20,22-23,30H,3-15H2,1-2H3,(H,27,32,33)/t19-,20+,22?,23-/m0/s1. The molecule has 0 spiro atoms. The first-order valence-electron chi connectivity index (χ1n) is 12.8. The molecule has 0 aliphatic carbocycles. The van der Waals surface area contributed by atoms with Crippen LogP contribution in [0.4, 0.5) is 0 Å². The van der Waals surface area contributed by atoms with E-state index in [-0.39, 0.29) is 28.6 Å². The van der Waals surface area contributed by atoms with Gasteiger partial charge in [0, 0.05) is 25.5 Å². The fraction of sp³-hybridized carbons (Fsp3) is 0.760. The van der Waals surface area contributed by atoms with Gasteiger partial charge in [0.05, 0.1) is 9.67 Å². The van der Waals surface area contributed by atoms with Crippen LogP contribution in [0.5, 0.6) is 0 Å². The van der Waals surface area contributed by atoms with Crippen LogP contribution in [0.3, 0.4) is 0 Å². The molecule has 1 fully saturated rings. The lowest BCUT2D eigenvalue weighted by molar-refractivity contribution is -0.169. The van der Waals surface area contributed by atoms with Crippen LogP contribution in [0, 0.1) is 3.57 Å². The van der Waals surface area contributed by atoms with Gasteiger partial charge in [0.25, 0.3) is 5.56 Å². The summed E-state index contributed by atoms with van der Waals surface area (Å²) in [6.45, 7) is 4.24. The highest BCUT2D eigenvalue weighted by molar-refractivity contribution is 14.1. The maximum absolute atomic E-state index is 13.1. The zero-order chi connectivity index (χ0) is 25.8. The maximum atomic E-state index is 13.1. The second kappa shape index (κ2) is 15.6. The van der Waals surface area contributed by atoms with Gasteiger partial charge in [0.1, 0.15) is 12.3 Å². The van der Waals surface area contributed by atoms with E-state index in [2.05, 4.69) is 18.8 Å². The van der Waals surface area contributed by atoms with E-state index in [4.69, 9.17) is 9.47 Å². The van der Waals surface area contributed by atoms with Gasteiger partial charge < -0.3 is 14.6 Å². The third-order valence-electron chi connectivity index (χ3n) is 6.26. The SMILES string of the molecule is CCCCCCCC(=O)OC(C(=O)CCCCCCC)[C@H]1O[C@@H](n2cc(I)c(=O)[nH]c2=O)C[C@@H]1O. The van der Waals surface area contributed by atoms with E-state index in [1.54, 1.807) is 22.6 Å². The number of hydrogen-bond donors (Lipinski definition) is 2. The van der Waals surface area contributed by atoms with Crippen molar-refractivity contribution in [3.05, 3.63) is 30.6 Å². The molecule has 9 nitrogen and oxygen atoms in total. The summed E-state index contributed by atoms with van der Waals surface area (Å²) >= 11 is 1.80. The molecular formula is C25H39IN2O7. The number of hydrogen-bond acceptors (Lipinski definition) is 7. The molecule has 2 rings (SSSR count). The molecule has 198 valence electrons. The third kappa shape index (κ3) is 9.45. The van der Waals surface area contributed by atoms with Crippen molar-refractivity contribution < 1.29 is 24.2 Å². The van der Waals surface area contributed by atoms with Gasteiger partial charge in [0.2, 0.25) is 0 Å². The number of nitrogens with zero attached hydrogens (tertiary/aromatic N) is 1. The minimum Gasteiger partial charge on any atom is -0.451 e. The molecule has 0 radical (unpaired) electrons. The summed E-state index contributed by atoms with van der Waals surface area (Å²) in [5.74, 6) is -0.769. The molecule has 10 heteroatoms. The molecule has 1 saturated heterocycles.